The first-order valence-corrected chi connectivity index (χ1v) is 5.66. The minimum absolute atomic E-state index is 0.419. The van der Waals surface area contributed by atoms with Gasteiger partial charge in [-0.25, -0.2) is 0 Å². The van der Waals surface area contributed by atoms with Gasteiger partial charge in [-0.1, -0.05) is 19.9 Å². The Morgan fingerprint density at radius 1 is 1.14 bits per heavy atom. The second-order valence-electron chi connectivity index (χ2n) is 3.35. The Morgan fingerprint density at radius 2 is 1.79 bits per heavy atom. The molecule has 1 N–H and O–H groups in total. The van der Waals surface area contributed by atoms with E-state index in [1.165, 1.54) is 11.1 Å². The van der Waals surface area contributed by atoms with Gasteiger partial charge in [0.2, 0.25) is 0 Å². The maximum atomic E-state index is 9.68. The summed E-state index contributed by atoms with van der Waals surface area (Å²) < 4.78 is 0. The van der Waals surface area contributed by atoms with Gasteiger partial charge in [-0.2, -0.15) is 0 Å². The molecule has 0 saturated heterocycles. The third-order valence-corrected chi connectivity index (χ3v) is 2.76. The Hall–Kier alpha value is -0.690. The van der Waals surface area contributed by atoms with Crippen LogP contribution in [0.2, 0.25) is 0 Å². The van der Waals surface area contributed by atoms with Crippen molar-refractivity contribution in [1.29, 1.82) is 0 Å². The van der Waals surface area contributed by atoms with E-state index in [2.05, 4.69) is 13.8 Å². The zero-order valence-electron chi connectivity index (χ0n) is 8.81. The van der Waals surface area contributed by atoms with E-state index < -0.39 is 0 Å². The second kappa shape index (κ2) is 5.26. The fraction of sp³-hybridized carbons (Fsp3) is 0.500. The monoisotopic (exact) mass is 212 g/mol. The summed E-state index contributed by atoms with van der Waals surface area (Å²) in [5.74, 6) is 1.06. The van der Waals surface area contributed by atoms with E-state index >= 15 is 0 Å². The van der Waals surface area contributed by atoms with Crippen molar-refractivity contribution in [3.63, 3.8) is 0 Å². The number of rotatable bonds is 4. The van der Waals surface area contributed by atoms with Gasteiger partial charge in [0.1, 0.15) is 5.75 Å². The first kappa shape index (κ1) is 11.4. The van der Waals surface area contributed by atoms with E-state index in [1.807, 2.05) is 6.07 Å². The molecule has 0 aromatic heterocycles. The lowest BCUT2D eigenvalue weighted by Crippen LogP contribution is -1.99. The molecule has 0 saturated carbocycles. The van der Waals surface area contributed by atoms with Gasteiger partial charge < -0.3 is 5.11 Å². The molecule has 2 heteroatoms. The van der Waals surface area contributed by atoms with Crippen molar-refractivity contribution in [2.45, 2.75) is 33.1 Å². The molecular weight excluding hydrogens is 196 g/mol. The molecule has 1 aromatic rings. The molecule has 1 aromatic carbocycles. The summed E-state index contributed by atoms with van der Waals surface area (Å²) >= 11 is 5.74. The lowest BCUT2D eigenvalue weighted by Gasteiger charge is -2.13. The standard InChI is InChI=1S/C12H17ClO/c1-3-10-9(7-8-13)5-6-12(14)11(10)4-2/h5-6,14H,3-4,7-8H2,1-2H3. The number of phenolic OH excluding ortho intramolecular Hbond substituents is 1. The fourth-order valence-corrected chi connectivity index (χ4v) is 2.10. The zero-order chi connectivity index (χ0) is 10.6. The summed E-state index contributed by atoms with van der Waals surface area (Å²) in [6, 6.07) is 3.76. The molecule has 0 spiro atoms. The maximum absolute atomic E-state index is 9.68. The van der Waals surface area contributed by atoms with E-state index in [-0.39, 0.29) is 0 Å². The minimum Gasteiger partial charge on any atom is -0.508 e. The first-order valence-electron chi connectivity index (χ1n) is 5.13. The summed E-state index contributed by atoms with van der Waals surface area (Å²) in [4.78, 5) is 0. The van der Waals surface area contributed by atoms with Crippen molar-refractivity contribution in [3.05, 3.63) is 28.8 Å². The number of hydrogen-bond acceptors (Lipinski definition) is 1. The van der Waals surface area contributed by atoms with Crippen molar-refractivity contribution in [2.24, 2.45) is 0 Å². The molecule has 0 aliphatic rings. The number of halogens is 1. The van der Waals surface area contributed by atoms with Crippen LogP contribution in [0.4, 0.5) is 0 Å². The van der Waals surface area contributed by atoms with Crippen LogP contribution in [0.1, 0.15) is 30.5 Å². The van der Waals surface area contributed by atoms with Crippen LogP contribution in [0, 0.1) is 0 Å². The Morgan fingerprint density at radius 3 is 2.29 bits per heavy atom. The van der Waals surface area contributed by atoms with Gasteiger partial charge in [-0.15, -0.1) is 11.6 Å². The summed E-state index contributed by atoms with van der Waals surface area (Å²) in [7, 11) is 0. The molecule has 14 heavy (non-hydrogen) atoms. The third kappa shape index (κ3) is 2.21. The molecule has 0 fully saturated rings. The number of aryl methyl sites for hydroxylation is 1. The molecule has 0 amide bonds. The third-order valence-electron chi connectivity index (χ3n) is 2.57. The van der Waals surface area contributed by atoms with E-state index in [9.17, 15) is 5.11 Å². The summed E-state index contributed by atoms with van der Waals surface area (Å²) in [6.45, 7) is 4.18. The Bertz CT molecular complexity index is 307. The van der Waals surface area contributed by atoms with Crippen molar-refractivity contribution >= 4 is 11.6 Å². The van der Waals surface area contributed by atoms with Crippen molar-refractivity contribution in [3.8, 4) is 5.75 Å². The number of phenols is 1. The van der Waals surface area contributed by atoms with Crippen LogP contribution in [0.5, 0.6) is 5.75 Å². The smallest absolute Gasteiger partial charge is 0.119 e. The molecule has 1 nitrogen and oxygen atoms in total. The number of hydrogen-bond donors (Lipinski definition) is 1. The van der Waals surface area contributed by atoms with Crippen LogP contribution in [0.3, 0.4) is 0 Å². The molecule has 0 aliphatic heterocycles. The van der Waals surface area contributed by atoms with Gasteiger partial charge in [0.15, 0.2) is 0 Å². The highest BCUT2D eigenvalue weighted by molar-refractivity contribution is 6.18. The van der Waals surface area contributed by atoms with Gasteiger partial charge in [0.05, 0.1) is 0 Å². The van der Waals surface area contributed by atoms with Gasteiger partial charge in [0.25, 0.3) is 0 Å². The molecule has 0 bridgehead atoms. The van der Waals surface area contributed by atoms with Crippen LogP contribution in [0.15, 0.2) is 12.1 Å². The Kier molecular flexibility index (Phi) is 4.27. The zero-order valence-corrected chi connectivity index (χ0v) is 9.56. The average Bonchev–Trinajstić information content (AvgIpc) is 2.20. The Balaban J connectivity index is 3.18. The highest BCUT2D eigenvalue weighted by Gasteiger charge is 2.09. The quantitative estimate of drug-likeness (QED) is 0.760. The average molecular weight is 213 g/mol. The van der Waals surface area contributed by atoms with Crippen molar-refractivity contribution in [2.75, 3.05) is 5.88 Å². The minimum atomic E-state index is 0.419. The van der Waals surface area contributed by atoms with Crippen molar-refractivity contribution < 1.29 is 5.11 Å². The normalized spacial score (nSPS) is 10.5. The number of aromatic hydroxyl groups is 1. The fourth-order valence-electron chi connectivity index (χ4n) is 1.90. The van der Waals surface area contributed by atoms with Crippen LogP contribution in [-0.2, 0) is 19.3 Å². The topological polar surface area (TPSA) is 20.2 Å². The lowest BCUT2D eigenvalue weighted by molar-refractivity contribution is 0.467. The Labute approximate surface area is 90.7 Å². The molecular formula is C12H17ClO. The molecule has 0 heterocycles. The molecule has 1 rings (SSSR count). The molecule has 0 aliphatic carbocycles. The SMILES string of the molecule is CCc1c(O)ccc(CCCl)c1CC. The first-order chi connectivity index (χ1) is 6.74. The second-order valence-corrected chi connectivity index (χ2v) is 3.72. The molecule has 0 unspecified atom stereocenters. The molecule has 78 valence electrons. The maximum Gasteiger partial charge on any atom is 0.119 e. The van der Waals surface area contributed by atoms with E-state index in [1.54, 1.807) is 6.07 Å². The highest BCUT2D eigenvalue weighted by Crippen LogP contribution is 2.26. The predicted molar refractivity (Wildman–Crippen MR) is 61.3 cm³/mol. The van der Waals surface area contributed by atoms with Gasteiger partial charge in [-0.05, 0) is 42.0 Å². The molecule has 0 atom stereocenters. The van der Waals surface area contributed by atoms with Gasteiger partial charge in [0, 0.05) is 5.88 Å². The summed E-state index contributed by atoms with van der Waals surface area (Å²) in [6.07, 6.45) is 2.73. The molecule has 0 radical (unpaired) electrons. The number of alkyl halides is 1. The largest absolute Gasteiger partial charge is 0.508 e. The number of benzene rings is 1. The predicted octanol–water partition coefficient (Wildman–Crippen LogP) is 3.30. The van der Waals surface area contributed by atoms with E-state index in [4.69, 9.17) is 11.6 Å². The van der Waals surface area contributed by atoms with Gasteiger partial charge in [-0.3, -0.25) is 0 Å². The highest BCUT2D eigenvalue weighted by atomic mass is 35.5. The van der Waals surface area contributed by atoms with Crippen LogP contribution in [0.25, 0.3) is 0 Å². The van der Waals surface area contributed by atoms with E-state index in [0.29, 0.717) is 11.6 Å². The summed E-state index contributed by atoms with van der Waals surface area (Å²) in [5, 5.41) is 9.68. The van der Waals surface area contributed by atoms with Gasteiger partial charge >= 0.3 is 0 Å². The lowest BCUT2D eigenvalue weighted by atomic mass is 9.95. The summed E-state index contributed by atoms with van der Waals surface area (Å²) in [5.41, 5.74) is 3.63. The van der Waals surface area contributed by atoms with Crippen LogP contribution < -0.4 is 0 Å². The van der Waals surface area contributed by atoms with Crippen LogP contribution >= 0.6 is 11.6 Å². The van der Waals surface area contributed by atoms with Crippen LogP contribution in [-0.4, -0.2) is 11.0 Å². The van der Waals surface area contributed by atoms with E-state index in [0.717, 1.165) is 24.8 Å². The van der Waals surface area contributed by atoms with Crippen molar-refractivity contribution in [1.82, 2.24) is 0 Å².